The predicted molar refractivity (Wildman–Crippen MR) is 45.4 cm³/mol. The summed E-state index contributed by atoms with van der Waals surface area (Å²) in [6.45, 7) is 2.04. The zero-order valence-electron chi connectivity index (χ0n) is 7.22. The summed E-state index contributed by atoms with van der Waals surface area (Å²) in [7, 11) is 0. The van der Waals surface area contributed by atoms with Crippen LogP contribution in [0.1, 0.15) is 41.6 Å². The fraction of sp³-hybridized carbons (Fsp3) is 0.500. The van der Waals surface area contributed by atoms with Crippen molar-refractivity contribution in [1.82, 2.24) is 0 Å². The van der Waals surface area contributed by atoms with Crippen molar-refractivity contribution < 1.29 is 9.21 Å². The van der Waals surface area contributed by atoms with Crippen molar-refractivity contribution in [2.24, 2.45) is 0 Å². The molecular formula is C10H12O2. The molecule has 2 rings (SSSR count). The molecule has 0 fully saturated rings. The molecule has 0 amide bonds. The number of aryl methyl sites for hydroxylation is 2. The van der Waals surface area contributed by atoms with Gasteiger partial charge in [0.2, 0.25) is 0 Å². The summed E-state index contributed by atoms with van der Waals surface area (Å²) >= 11 is 0. The molecule has 1 aliphatic rings. The van der Waals surface area contributed by atoms with Crippen molar-refractivity contribution in [3.63, 3.8) is 0 Å². The maximum absolute atomic E-state index is 11.3. The van der Waals surface area contributed by atoms with Gasteiger partial charge in [-0.25, -0.2) is 0 Å². The second-order valence-corrected chi connectivity index (χ2v) is 3.20. The molecule has 1 aromatic rings. The molecule has 0 N–H and O–H groups in total. The summed E-state index contributed by atoms with van der Waals surface area (Å²) in [4.78, 5) is 11.3. The van der Waals surface area contributed by atoms with E-state index in [1.165, 1.54) is 0 Å². The van der Waals surface area contributed by atoms with Gasteiger partial charge in [0.25, 0.3) is 0 Å². The van der Waals surface area contributed by atoms with E-state index in [0.29, 0.717) is 12.2 Å². The predicted octanol–water partition coefficient (Wildman–Crippen LogP) is 2.36. The van der Waals surface area contributed by atoms with E-state index in [-0.39, 0.29) is 5.78 Å². The van der Waals surface area contributed by atoms with Crippen molar-refractivity contribution in [3.8, 4) is 0 Å². The zero-order valence-corrected chi connectivity index (χ0v) is 7.22. The maximum atomic E-state index is 11.3. The third-order valence-corrected chi connectivity index (χ3v) is 2.31. The van der Waals surface area contributed by atoms with E-state index in [4.69, 9.17) is 4.42 Å². The van der Waals surface area contributed by atoms with Gasteiger partial charge in [-0.3, -0.25) is 4.79 Å². The molecule has 0 atom stereocenters. The molecule has 2 heteroatoms. The van der Waals surface area contributed by atoms with Crippen molar-refractivity contribution in [2.45, 2.75) is 32.6 Å². The third kappa shape index (κ3) is 1.07. The summed E-state index contributed by atoms with van der Waals surface area (Å²) in [5.74, 6) is 1.74. The van der Waals surface area contributed by atoms with E-state index < -0.39 is 0 Å². The second-order valence-electron chi connectivity index (χ2n) is 3.20. The van der Waals surface area contributed by atoms with E-state index >= 15 is 0 Å². The zero-order chi connectivity index (χ0) is 8.55. The van der Waals surface area contributed by atoms with Crippen LogP contribution in [0.3, 0.4) is 0 Å². The highest BCUT2D eigenvalue weighted by Crippen LogP contribution is 2.24. The Kier molecular flexibility index (Phi) is 1.75. The van der Waals surface area contributed by atoms with Gasteiger partial charge in [0.05, 0.1) is 0 Å². The highest BCUT2D eigenvalue weighted by Gasteiger charge is 2.21. The molecule has 0 saturated heterocycles. The molecule has 0 bridgehead atoms. The third-order valence-electron chi connectivity index (χ3n) is 2.31. The molecule has 0 aromatic carbocycles. The summed E-state index contributed by atoms with van der Waals surface area (Å²) in [6, 6.07) is 2.02. The second kappa shape index (κ2) is 2.77. The van der Waals surface area contributed by atoms with Crippen molar-refractivity contribution in [2.75, 3.05) is 0 Å². The Morgan fingerprint density at radius 2 is 2.33 bits per heavy atom. The number of ketones is 1. The van der Waals surface area contributed by atoms with Gasteiger partial charge >= 0.3 is 0 Å². The average Bonchev–Trinajstić information content (AvgIpc) is 2.49. The first kappa shape index (κ1) is 7.59. The molecule has 0 saturated carbocycles. The van der Waals surface area contributed by atoms with E-state index in [0.717, 1.165) is 30.6 Å². The minimum absolute atomic E-state index is 0.177. The minimum Gasteiger partial charge on any atom is -0.458 e. The molecule has 2 nitrogen and oxygen atoms in total. The fourth-order valence-electron chi connectivity index (χ4n) is 1.63. The Balaban J connectivity index is 2.43. The Hall–Kier alpha value is -1.05. The number of rotatable bonds is 1. The Bertz CT molecular complexity index is 310. The van der Waals surface area contributed by atoms with Gasteiger partial charge in [-0.2, -0.15) is 0 Å². The largest absolute Gasteiger partial charge is 0.458 e. The topological polar surface area (TPSA) is 30.2 Å². The highest BCUT2D eigenvalue weighted by atomic mass is 16.3. The van der Waals surface area contributed by atoms with Gasteiger partial charge in [-0.15, -0.1) is 0 Å². The Labute approximate surface area is 71.6 Å². The number of carbonyl (C=O) groups is 1. The lowest BCUT2D eigenvalue weighted by atomic mass is 9.97. The monoisotopic (exact) mass is 164 g/mol. The molecule has 1 aliphatic carbocycles. The molecule has 12 heavy (non-hydrogen) atoms. The van der Waals surface area contributed by atoms with Gasteiger partial charge in [0.15, 0.2) is 11.5 Å². The van der Waals surface area contributed by atoms with E-state index in [9.17, 15) is 4.79 Å². The number of carbonyl (C=O) groups excluding carboxylic acids is 1. The summed E-state index contributed by atoms with van der Waals surface area (Å²) in [5, 5.41) is 0. The van der Waals surface area contributed by atoms with Crippen molar-refractivity contribution in [1.29, 1.82) is 0 Å². The Morgan fingerprint density at radius 1 is 1.50 bits per heavy atom. The molecule has 0 spiro atoms. The van der Waals surface area contributed by atoms with Crippen LogP contribution in [0.5, 0.6) is 0 Å². The van der Waals surface area contributed by atoms with Crippen LogP contribution >= 0.6 is 0 Å². The molecule has 0 unspecified atom stereocenters. The molecular weight excluding hydrogens is 152 g/mol. The van der Waals surface area contributed by atoms with Gasteiger partial charge < -0.3 is 4.42 Å². The lowest BCUT2D eigenvalue weighted by Gasteiger charge is -2.06. The standard InChI is InChI=1S/C10H12O2/c1-2-8-6-7-4-3-5-9(11)10(7)12-8/h6H,2-5H2,1H3. The van der Waals surface area contributed by atoms with Crippen LogP contribution in [0.2, 0.25) is 0 Å². The highest BCUT2D eigenvalue weighted by molar-refractivity contribution is 5.95. The number of hydrogen-bond donors (Lipinski definition) is 0. The average molecular weight is 164 g/mol. The van der Waals surface area contributed by atoms with E-state index in [1.807, 2.05) is 13.0 Å². The fourth-order valence-corrected chi connectivity index (χ4v) is 1.63. The number of hydrogen-bond acceptors (Lipinski definition) is 2. The lowest BCUT2D eigenvalue weighted by Crippen LogP contribution is -2.07. The van der Waals surface area contributed by atoms with Crippen LogP contribution in [0.25, 0.3) is 0 Å². The van der Waals surface area contributed by atoms with Crippen LogP contribution in [-0.2, 0) is 12.8 Å². The van der Waals surface area contributed by atoms with E-state index in [2.05, 4.69) is 0 Å². The smallest absolute Gasteiger partial charge is 0.198 e. The summed E-state index contributed by atoms with van der Waals surface area (Å²) < 4.78 is 5.42. The maximum Gasteiger partial charge on any atom is 0.198 e. The quantitative estimate of drug-likeness (QED) is 0.637. The molecule has 0 radical (unpaired) electrons. The normalized spacial score (nSPS) is 16.2. The first-order valence-corrected chi connectivity index (χ1v) is 4.46. The lowest BCUT2D eigenvalue weighted by molar-refractivity contribution is 0.0942. The number of furan rings is 1. The van der Waals surface area contributed by atoms with Crippen LogP contribution < -0.4 is 0 Å². The minimum atomic E-state index is 0.177. The van der Waals surface area contributed by atoms with Gasteiger partial charge in [-0.1, -0.05) is 6.92 Å². The molecule has 1 heterocycles. The van der Waals surface area contributed by atoms with Crippen LogP contribution in [0, 0.1) is 0 Å². The summed E-state index contributed by atoms with van der Waals surface area (Å²) in [5.41, 5.74) is 1.11. The van der Waals surface area contributed by atoms with Crippen molar-refractivity contribution >= 4 is 5.78 Å². The van der Waals surface area contributed by atoms with Gasteiger partial charge in [0.1, 0.15) is 5.76 Å². The first-order valence-electron chi connectivity index (χ1n) is 4.46. The summed E-state index contributed by atoms with van der Waals surface area (Å²) in [6.07, 6.45) is 3.52. The van der Waals surface area contributed by atoms with Crippen LogP contribution in [-0.4, -0.2) is 5.78 Å². The van der Waals surface area contributed by atoms with Crippen LogP contribution in [0.4, 0.5) is 0 Å². The van der Waals surface area contributed by atoms with Crippen LogP contribution in [0.15, 0.2) is 10.5 Å². The van der Waals surface area contributed by atoms with Gasteiger partial charge in [-0.05, 0) is 18.9 Å². The molecule has 0 aliphatic heterocycles. The number of Topliss-reactive ketones (excluding diaryl/α,β-unsaturated/α-hetero) is 1. The van der Waals surface area contributed by atoms with E-state index in [1.54, 1.807) is 0 Å². The Morgan fingerprint density at radius 3 is 3.00 bits per heavy atom. The van der Waals surface area contributed by atoms with Gasteiger partial charge in [0, 0.05) is 18.4 Å². The first-order chi connectivity index (χ1) is 5.81. The SMILES string of the molecule is CCc1cc2c(o1)C(=O)CCC2. The molecule has 1 aromatic heterocycles. The van der Waals surface area contributed by atoms with Crippen molar-refractivity contribution in [3.05, 3.63) is 23.2 Å². The number of fused-ring (bicyclic) bond motifs is 1. The molecule has 64 valence electrons.